The first-order valence-corrected chi connectivity index (χ1v) is 9.58. The Kier molecular flexibility index (Phi) is 6.83. The van der Waals surface area contributed by atoms with Gasteiger partial charge in [0.25, 0.3) is 0 Å². The quantitative estimate of drug-likeness (QED) is 0.406. The van der Waals surface area contributed by atoms with Crippen LogP contribution in [0.3, 0.4) is 0 Å². The highest BCUT2D eigenvalue weighted by Crippen LogP contribution is 2.29. The molecule has 3 unspecified atom stereocenters. The van der Waals surface area contributed by atoms with Gasteiger partial charge in [-0.25, -0.2) is 14.4 Å². The maximum absolute atomic E-state index is 13.2. The number of hydrogen-bond acceptors (Lipinski definition) is 3. The van der Waals surface area contributed by atoms with Gasteiger partial charge in [0.15, 0.2) is 0 Å². The second-order valence-corrected chi connectivity index (χ2v) is 7.45. The molecule has 1 saturated heterocycles. The van der Waals surface area contributed by atoms with Crippen molar-refractivity contribution in [2.75, 3.05) is 13.1 Å². The van der Waals surface area contributed by atoms with Gasteiger partial charge in [0.05, 0.1) is 12.6 Å². The lowest BCUT2D eigenvalue weighted by atomic mass is 9.84. The standard InChI is InChI=1S/C20H24ClFN4O2/c21-16-5-1-14(2-6-16)11-26(28)13-24-20(23)25-10-9-18(19(27)12-25)15-3-7-17(22)8-4-15/h1-7,13,17-19,23,27-28H,8-12H2/b23-20?,24-13-. The molecule has 1 fully saturated rings. The molecule has 0 radical (unpaired) electrons. The predicted octanol–water partition coefficient (Wildman–Crippen LogP) is 3.40. The minimum Gasteiger partial charge on any atom is -0.391 e. The van der Waals surface area contributed by atoms with Gasteiger partial charge in [0.1, 0.15) is 12.5 Å². The number of likely N-dealkylation sites (tertiary alicyclic amines) is 1. The molecule has 0 aromatic heterocycles. The molecule has 150 valence electrons. The molecule has 0 saturated carbocycles. The first-order valence-electron chi connectivity index (χ1n) is 9.20. The van der Waals surface area contributed by atoms with Crippen LogP contribution >= 0.6 is 11.6 Å². The van der Waals surface area contributed by atoms with Gasteiger partial charge in [-0.1, -0.05) is 42.0 Å². The predicted molar refractivity (Wildman–Crippen MR) is 107 cm³/mol. The van der Waals surface area contributed by atoms with Crippen LogP contribution in [0.5, 0.6) is 0 Å². The largest absolute Gasteiger partial charge is 0.391 e. The van der Waals surface area contributed by atoms with Crippen molar-refractivity contribution >= 4 is 23.9 Å². The Morgan fingerprint density at radius 1 is 1.39 bits per heavy atom. The summed E-state index contributed by atoms with van der Waals surface area (Å²) in [5, 5.41) is 30.0. The second-order valence-electron chi connectivity index (χ2n) is 7.02. The van der Waals surface area contributed by atoms with Crippen LogP contribution in [-0.2, 0) is 6.54 Å². The normalized spacial score (nSPS) is 25.1. The third-order valence-electron chi connectivity index (χ3n) is 4.96. The molecule has 3 atom stereocenters. The fourth-order valence-electron chi connectivity index (χ4n) is 3.42. The topological polar surface area (TPSA) is 83.2 Å². The van der Waals surface area contributed by atoms with Crippen molar-refractivity contribution in [2.45, 2.75) is 31.7 Å². The van der Waals surface area contributed by atoms with E-state index in [9.17, 15) is 14.7 Å². The number of alkyl halides is 1. The fraction of sp³-hybridized carbons (Fsp3) is 0.400. The Labute approximate surface area is 168 Å². The number of hydrogen-bond donors (Lipinski definition) is 3. The van der Waals surface area contributed by atoms with E-state index in [2.05, 4.69) is 4.99 Å². The summed E-state index contributed by atoms with van der Waals surface area (Å²) in [6.45, 7) is 1.05. The maximum atomic E-state index is 13.2. The zero-order chi connectivity index (χ0) is 20.1. The first-order chi connectivity index (χ1) is 13.4. The first kappa shape index (κ1) is 20.5. The minimum absolute atomic E-state index is 0.0235. The Balaban J connectivity index is 1.50. The van der Waals surface area contributed by atoms with Crippen LogP contribution in [-0.4, -0.2) is 57.9 Å². The van der Waals surface area contributed by atoms with Crippen molar-refractivity contribution in [3.05, 3.63) is 58.7 Å². The average Bonchev–Trinajstić information content (AvgIpc) is 2.68. The highest BCUT2D eigenvalue weighted by Gasteiger charge is 2.31. The zero-order valence-electron chi connectivity index (χ0n) is 15.4. The summed E-state index contributed by atoms with van der Waals surface area (Å²) < 4.78 is 13.2. The number of halogens is 2. The molecule has 1 aromatic carbocycles. The van der Waals surface area contributed by atoms with Gasteiger partial charge < -0.3 is 10.0 Å². The summed E-state index contributed by atoms with van der Waals surface area (Å²) in [5.74, 6) is -0.0827. The molecule has 1 aromatic rings. The van der Waals surface area contributed by atoms with Crippen molar-refractivity contribution < 1.29 is 14.7 Å². The smallest absolute Gasteiger partial charge is 0.219 e. The van der Waals surface area contributed by atoms with E-state index in [1.807, 2.05) is 6.08 Å². The number of nitrogens with zero attached hydrogens (tertiary/aromatic N) is 3. The minimum atomic E-state index is -0.946. The number of aliphatic imine (C=N–C) groups is 1. The lowest BCUT2D eigenvalue weighted by Crippen LogP contribution is -2.46. The van der Waals surface area contributed by atoms with Crippen molar-refractivity contribution in [2.24, 2.45) is 10.9 Å². The fourth-order valence-corrected chi connectivity index (χ4v) is 3.55. The molecule has 0 bridgehead atoms. The Morgan fingerprint density at radius 2 is 2.14 bits per heavy atom. The number of β-amino-alcohol motifs (C(OH)–C–C–N with tert-alkyl or cyclic N) is 1. The lowest BCUT2D eigenvalue weighted by molar-refractivity contribution is -0.0165. The van der Waals surface area contributed by atoms with Crippen LogP contribution in [0.15, 0.2) is 53.1 Å². The van der Waals surface area contributed by atoms with Crippen LogP contribution < -0.4 is 0 Å². The summed E-state index contributed by atoms with van der Waals surface area (Å²) in [7, 11) is 0. The molecule has 1 aliphatic carbocycles. The van der Waals surface area contributed by atoms with Crippen molar-refractivity contribution in [1.29, 1.82) is 5.41 Å². The SMILES string of the molecule is N=C(/N=C\N(O)Cc1ccc(Cl)cc1)N1CCC(C2=CCC(F)C=C2)C(O)C1. The molecule has 0 amide bonds. The van der Waals surface area contributed by atoms with E-state index in [1.165, 1.54) is 12.4 Å². The number of guanidine groups is 1. The van der Waals surface area contributed by atoms with Gasteiger partial charge in [-0.3, -0.25) is 10.6 Å². The highest BCUT2D eigenvalue weighted by atomic mass is 35.5. The van der Waals surface area contributed by atoms with Crippen LogP contribution in [0.1, 0.15) is 18.4 Å². The van der Waals surface area contributed by atoms with Crippen molar-refractivity contribution in [3.63, 3.8) is 0 Å². The third kappa shape index (κ3) is 5.41. The van der Waals surface area contributed by atoms with Gasteiger partial charge in [0, 0.05) is 30.5 Å². The monoisotopic (exact) mass is 406 g/mol. The Bertz CT molecular complexity index is 781. The van der Waals surface area contributed by atoms with E-state index in [4.69, 9.17) is 17.0 Å². The van der Waals surface area contributed by atoms with Crippen LogP contribution in [0.2, 0.25) is 5.02 Å². The molecule has 8 heteroatoms. The van der Waals surface area contributed by atoms with Gasteiger partial charge in [-0.2, -0.15) is 0 Å². The van der Waals surface area contributed by atoms with Gasteiger partial charge in [-0.15, -0.1) is 0 Å². The highest BCUT2D eigenvalue weighted by molar-refractivity contribution is 6.30. The van der Waals surface area contributed by atoms with Crippen LogP contribution in [0.25, 0.3) is 0 Å². The Morgan fingerprint density at radius 3 is 2.79 bits per heavy atom. The van der Waals surface area contributed by atoms with Gasteiger partial charge in [0.2, 0.25) is 5.96 Å². The summed E-state index contributed by atoms with van der Waals surface area (Å²) in [4.78, 5) is 5.65. The third-order valence-corrected chi connectivity index (χ3v) is 5.21. The molecular weight excluding hydrogens is 383 g/mol. The number of piperidine rings is 1. The maximum Gasteiger partial charge on any atom is 0.219 e. The van der Waals surface area contributed by atoms with E-state index < -0.39 is 12.3 Å². The zero-order valence-corrected chi connectivity index (χ0v) is 16.1. The number of aliphatic hydroxyl groups excluding tert-OH is 1. The number of hydroxylamine groups is 2. The van der Waals surface area contributed by atoms with Gasteiger partial charge in [-0.05, 0) is 29.7 Å². The lowest BCUT2D eigenvalue weighted by Gasteiger charge is -2.37. The second kappa shape index (κ2) is 9.32. The molecular formula is C20H24ClFN4O2. The number of allylic oxidation sites excluding steroid dienone is 3. The van der Waals surface area contributed by atoms with E-state index in [0.29, 0.717) is 24.4 Å². The number of nitrogens with one attached hydrogen (secondary N) is 1. The van der Waals surface area contributed by atoms with Crippen molar-refractivity contribution in [3.8, 4) is 0 Å². The number of aliphatic hydroxyl groups is 1. The Hall–Kier alpha value is -2.22. The molecule has 1 heterocycles. The van der Waals surface area contributed by atoms with E-state index in [0.717, 1.165) is 16.2 Å². The number of benzene rings is 1. The molecule has 3 N–H and O–H groups in total. The average molecular weight is 407 g/mol. The molecule has 6 nitrogen and oxygen atoms in total. The van der Waals surface area contributed by atoms with Crippen LogP contribution in [0, 0.1) is 11.3 Å². The molecule has 28 heavy (non-hydrogen) atoms. The van der Waals surface area contributed by atoms with Crippen molar-refractivity contribution in [1.82, 2.24) is 9.96 Å². The molecule has 3 rings (SSSR count). The molecule has 0 spiro atoms. The van der Waals surface area contributed by atoms with E-state index in [-0.39, 0.29) is 25.0 Å². The molecule has 2 aliphatic rings. The summed E-state index contributed by atoms with van der Waals surface area (Å²) in [6.07, 6.45) is 5.70. The summed E-state index contributed by atoms with van der Waals surface area (Å²) in [5.41, 5.74) is 1.81. The van der Waals surface area contributed by atoms with E-state index >= 15 is 0 Å². The van der Waals surface area contributed by atoms with E-state index in [1.54, 1.807) is 35.2 Å². The van der Waals surface area contributed by atoms with Crippen LogP contribution in [0.4, 0.5) is 4.39 Å². The number of rotatable bonds is 4. The van der Waals surface area contributed by atoms with Gasteiger partial charge >= 0.3 is 0 Å². The summed E-state index contributed by atoms with van der Waals surface area (Å²) >= 11 is 5.83. The summed E-state index contributed by atoms with van der Waals surface area (Å²) in [6, 6.07) is 7.07. The molecule has 1 aliphatic heterocycles.